The van der Waals surface area contributed by atoms with Gasteiger partial charge in [-0.1, -0.05) is 31.6 Å². The van der Waals surface area contributed by atoms with E-state index in [1.807, 2.05) is 13.0 Å². The van der Waals surface area contributed by atoms with E-state index < -0.39 is 18.2 Å². The molecule has 1 aromatic carbocycles. The number of aliphatic hydroxyl groups is 1. The van der Waals surface area contributed by atoms with Crippen LogP contribution in [0.5, 0.6) is 11.5 Å². The number of carbonyl (C=O) groups is 1. The van der Waals surface area contributed by atoms with Gasteiger partial charge in [0, 0.05) is 6.42 Å². The Balaban J connectivity index is 2.28. The normalized spacial score (nSPS) is 24.9. The van der Waals surface area contributed by atoms with E-state index in [2.05, 4.69) is 26.8 Å². The van der Waals surface area contributed by atoms with Crippen LogP contribution in [-0.4, -0.2) is 35.5 Å². The average molecular weight is 389 g/mol. The van der Waals surface area contributed by atoms with Gasteiger partial charge in [-0.15, -0.1) is 0 Å². The SMILES string of the molecule is COc1cc(C(=O)O[C@H]2CC=C(C)CCCC(C)(C)[C@@H](O)/C=C/2C)ccc1O. The quantitative estimate of drug-likeness (QED) is 0.576. The van der Waals surface area contributed by atoms with Gasteiger partial charge in [0.1, 0.15) is 6.10 Å². The molecule has 0 radical (unpaired) electrons. The zero-order valence-electron chi connectivity index (χ0n) is 17.5. The molecule has 0 aliphatic heterocycles. The van der Waals surface area contributed by atoms with Crippen molar-refractivity contribution in [3.63, 3.8) is 0 Å². The highest BCUT2D eigenvalue weighted by atomic mass is 16.5. The number of hydrogen-bond donors (Lipinski definition) is 2. The van der Waals surface area contributed by atoms with Crippen molar-refractivity contribution in [1.29, 1.82) is 0 Å². The predicted molar refractivity (Wildman–Crippen MR) is 110 cm³/mol. The van der Waals surface area contributed by atoms with Crippen LogP contribution in [0, 0.1) is 5.41 Å². The fourth-order valence-corrected chi connectivity index (χ4v) is 3.29. The van der Waals surface area contributed by atoms with Gasteiger partial charge in [-0.3, -0.25) is 0 Å². The van der Waals surface area contributed by atoms with Crippen LogP contribution in [0.15, 0.2) is 41.5 Å². The molecule has 0 unspecified atom stereocenters. The van der Waals surface area contributed by atoms with Crippen LogP contribution in [0.3, 0.4) is 0 Å². The first-order valence-corrected chi connectivity index (χ1v) is 9.74. The van der Waals surface area contributed by atoms with E-state index in [1.165, 1.54) is 30.9 Å². The fraction of sp³-hybridized carbons (Fsp3) is 0.522. The lowest BCUT2D eigenvalue weighted by molar-refractivity contribution is 0.0367. The molecular weight excluding hydrogens is 356 g/mol. The third-order valence-electron chi connectivity index (χ3n) is 5.47. The maximum Gasteiger partial charge on any atom is 0.338 e. The number of ether oxygens (including phenoxy) is 2. The van der Waals surface area contributed by atoms with Crippen LogP contribution in [0.2, 0.25) is 0 Å². The number of aliphatic hydroxyl groups excluding tert-OH is 1. The van der Waals surface area contributed by atoms with Crippen LogP contribution >= 0.6 is 0 Å². The molecule has 2 N–H and O–H groups in total. The highest BCUT2D eigenvalue weighted by Gasteiger charge is 2.28. The molecule has 1 aliphatic carbocycles. The lowest BCUT2D eigenvalue weighted by atomic mass is 9.80. The first-order valence-electron chi connectivity index (χ1n) is 9.74. The Morgan fingerprint density at radius 2 is 1.96 bits per heavy atom. The maximum absolute atomic E-state index is 12.7. The lowest BCUT2D eigenvalue weighted by Crippen LogP contribution is -2.29. The molecule has 0 heterocycles. The smallest absolute Gasteiger partial charge is 0.338 e. The number of methoxy groups -OCH3 is 1. The number of benzene rings is 1. The van der Waals surface area contributed by atoms with Crippen molar-refractivity contribution >= 4 is 5.97 Å². The van der Waals surface area contributed by atoms with Gasteiger partial charge < -0.3 is 19.7 Å². The van der Waals surface area contributed by atoms with E-state index in [4.69, 9.17) is 9.47 Å². The van der Waals surface area contributed by atoms with Gasteiger partial charge in [-0.2, -0.15) is 0 Å². The summed E-state index contributed by atoms with van der Waals surface area (Å²) in [5.74, 6) is -0.309. The highest BCUT2D eigenvalue weighted by molar-refractivity contribution is 5.90. The molecule has 1 aliphatic rings. The largest absolute Gasteiger partial charge is 0.504 e. The van der Waals surface area contributed by atoms with Gasteiger partial charge >= 0.3 is 5.97 Å². The number of esters is 1. The zero-order chi connectivity index (χ0) is 20.9. The third-order valence-corrected chi connectivity index (χ3v) is 5.47. The van der Waals surface area contributed by atoms with E-state index in [0.29, 0.717) is 12.0 Å². The number of phenols is 1. The van der Waals surface area contributed by atoms with Gasteiger partial charge in [-0.05, 0) is 62.3 Å². The Labute approximate surface area is 167 Å². The molecule has 28 heavy (non-hydrogen) atoms. The summed E-state index contributed by atoms with van der Waals surface area (Å²) >= 11 is 0. The molecule has 0 saturated carbocycles. The summed E-state index contributed by atoms with van der Waals surface area (Å²) in [6.45, 7) is 8.09. The third kappa shape index (κ3) is 5.61. The van der Waals surface area contributed by atoms with Crippen molar-refractivity contribution in [3.8, 4) is 11.5 Å². The van der Waals surface area contributed by atoms with Crippen molar-refractivity contribution in [2.45, 2.75) is 65.6 Å². The number of rotatable bonds is 3. The number of allylic oxidation sites excluding steroid dienone is 1. The summed E-state index contributed by atoms with van der Waals surface area (Å²) in [5.41, 5.74) is 2.14. The summed E-state index contributed by atoms with van der Waals surface area (Å²) in [7, 11) is 1.43. The highest BCUT2D eigenvalue weighted by Crippen LogP contribution is 2.32. The Kier molecular flexibility index (Phi) is 7.30. The lowest BCUT2D eigenvalue weighted by Gasteiger charge is -2.29. The summed E-state index contributed by atoms with van der Waals surface area (Å²) in [6, 6.07) is 4.37. The zero-order valence-corrected chi connectivity index (χ0v) is 17.5. The van der Waals surface area contributed by atoms with Crippen LogP contribution in [-0.2, 0) is 4.74 Å². The van der Waals surface area contributed by atoms with Crippen molar-refractivity contribution in [1.82, 2.24) is 0 Å². The van der Waals surface area contributed by atoms with Crippen LogP contribution in [0.4, 0.5) is 0 Å². The second-order valence-corrected chi connectivity index (χ2v) is 8.26. The minimum absolute atomic E-state index is 0.0334. The molecule has 5 nitrogen and oxygen atoms in total. The average Bonchev–Trinajstić information content (AvgIpc) is 2.65. The second kappa shape index (κ2) is 9.28. The fourth-order valence-electron chi connectivity index (χ4n) is 3.29. The molecule has 2 atom stereocenters. The summed E-state index contributed by atoms with van der Waals surface area (Å²) in [4.78, 5) is 12.7. The number of aromatic hydroxyl groups is 1. The molecule has 0 bridgehead atoms. The minimum atomic E-state index is -0.610. The molecule has 0 spiro atoms. The van der Waals surface area contributed by atoms with Gasteiger partial charge in [0.25, 0.3) is 0 Å². The molecule has 2 rings (SSSR count). The number of phenolic OH excluding ortho intramolecular Hbond substituents is 1. The van der Waals surface area contributed by atoms with E-state index >= 15 is 0 Å². The Bertz CT molecular complexity index is 760. The van der Waals surface area contributed by atoms with Crippen molar-refractivity contribution in [2.75, 3.05) is 7.11 Å². The van der Waals surface area contributed by atoms with E-state index in [0.717, 1.165) is 24.8 Å². The van der Waals surface area contributed by atoms with E-state index in [1.54, 1.807) is 0 Å². The predicted octanol–water partition coefficient (Wildman–Crippen LogP) is 4.78. The van der Waals surface area contributed by atoms with Crippen molar-refractivity contribution in [2.24, 2.45) is 5.41 Å². The Morgan fingerprint density at radius 1 is 1.25 bits per heavy atom. The van der Waals surface area contributed by atoms with Gasteiger partial charge in [0.2, 0.25) is 0 Å². The summed E-state index contributed by atoms with van der Waals surface area (Å²) in [6.07, 6.45) is 6.29. The molecule has 0 aromatic heterocycles. The topological polar surface area (TPSA) is 76.0 Å². The molecule has 0 fully saturated rings. The molecule has 154 valence electrons. The van der Waals surface area contributed by atoms with Gasteiger partial charge in [0.05, 0.1) is 18.8 Å². The van der Waals surface area contributed by atoms with Gasteiger partial charge in [-0.25, -0.2) is 4.79 Å². The van der Waals surface area contributed by atoms with Crippen LogP contribution in [0.1, 0.15) is 63.7 Å². The van der Waals surface area contributed by atoms with Crippen LogP contribution in [0.25, 0.3) is 0 Å². The van der Waals surface area contributed by atoms with Crippen LogP contribution < -0.4 is 4.74 Å². The number of carbonyl (C=O) groups excluding carboxylic acids is 1. The molecule has 0 amide bonds. The molecule has 0 saturated heterocycles. The summed E-state index contributed by atoms with van der Waals surface area (Å²) in [5, 5.41) is 20.4. The minimum Gasteiger partial charge on any atom is -0.504 e. The summed E-state index contributed by atoms with van der Waals surface area (Å²) < 4.78 is 10.8. The Morgan fingerprint density at radius 3 is 2.64 bits per heavy atom. The standard InChI is InChI=1S/C23H32O5/c1-15-7-6-12-23(3,4)21(25)13-16(2)19(11-8-15)28-22(26)17-9-10-18(24)20(14-17)27-5/h8-10,13-14,19,21,24-25H,6-7,11-12H2,1-5H3/b15-8?,16-13+/t19-,21-/m0/s1. The second-order valence-electron chi connectivity index (χ2n) is 8.26. The van der Waals surface area contributed by atoms with Crippen molar-refractivity contribution in [3.05, 3.63) is 47.1 Å². The maximum atomic E-state index is 12.7. The van der Waals surface area contributed by atoms with Gasteiger partial charge in [0.15, 0.2) is 11.5 Å². The molecular formula is C23H32O5. The molecule has 5 heteroatoms. The monoisotopic (exact) mass is 388 g/mol. The first-order chi connectivity index (χ1) is 13.1. The number of hydrogen-bond acceptors (Lipinski definition) is 5. The van der Waals surface area contributed by atoms with E-state index in [-0.39, 0.29) is 16.9 Å². The molecule has 1 aromatic rings. The van der Waals surface area contributed by atoms with Crippen molar-refractivity contribution < 1.29 is 24.5 Å². The first kappa shape index (κ1) is 22.0. The van der Waals surface area contributed by atoms with E-state index in [9.17, 15) is 15.0 Å². The Hall–Kier alpha value is -2.27.